The van der Waals surface area contributed by atoms with Crippen LogP contribution >= 0.6 is 0 Å². The number of carboxylic acid groups (broad SMARTS) is 1. The largest absolute Gasteiger partial charge is 0.477 e. The SMILES string of the molecule is COCCOCCOC[C@@H](O)[C@@H](O)C1O[C@](O)(C(=O)O)C[C@@H](O)[C@H]1NC12CC3CC(CC(C3)C1)C2. The molecule has 0 spiro atoms. The Morgan fingerprint density at radius 2 is 1.57 bits per heavy atom. The molecule has 6 N–H and O–H groups in total. The summed E-state index contributed by atoms with van der Waals surface area (Å²) in [5.41, 5.74) is -0.221. The molecular weight excluding hydrogens is 462 g/mol. The minimum Gasteiger partial charge on any atom is -0.477 e. The number of carbonyl (C=O) groups is 1. The van der Waals surface area contributed by atoms with Crippen LogP contribution in [-0.2, 0) is 23.7 Å². The Morgan fingerprint density at radius 1 is 1.00 bits per heavy atom. The third-order valence-corrected chi connectivity index (χ3v) is 8.25. The van der Waals surface area contributed by atoms with E-state index in [1.807, 2.05) is 0 Å². The number of methoxy groups -OCH3 is 1. The molecule has 0 aromatic carbocycles. The molecule has 4 bridgehead atoms. The van der Waals surface area contributed by atoms with Gasteiger partial charge in [-0.2, -0.15) is 0 Å². The van der Waals surface area contributed by atoms with Gasteiger partial charge in [0.1, 0.15) is 18.3 Å². The molecule has 1 unspecified atom stereocenters. The zero-order valence-electron chi connectivity index (χ0n) is 20.4. The van der Waals surface area contributed by atoms with Gasteiger partial charge in [0.05, 0.1) is 45.2 Å². The van der Waals surface area contributed by atoms with Crippen molar-refractivity contribution in [3.63, 3.8) is 0 Å². The van der Waals surface area contributed by atoms with E-state index in [9.17, 15) is 30.3 Å². The molecule has 4 saturated carbocycles. The van der Waals surface area contributed by atoms with Crippen LogP contribution in [0.4, 0.5) is 0 Å². The molecule has 0 aromatic rings. The number of rotatable bonds is 13. The van der Waals surface area contributed by atoms with Gasteiger partial charge in [-0.1, -0.05) is 0 Å². The number of ether oxygens (including phenoxy) is 4. The number of nitrogens with one attached hydrogen (secondary N) is 1. The number of hydrogen-bond acceptors (Lipinski definition) is 10. The second-order valence-electron chi connectivity index (χ2n) is 11.0. The van der Waals surface area contributed by atoms with Gasteiger partial charge < -0.3 is 49.8 Å². The lowest BCUT2D eigenvalue weighted by Crippen LogP contribution is -2.71. The second-order valence-corrected chi connectivity index (χ2v) is 11.0. The molecule has 202 valence electrons. The van der Waals surface area contributed by atoms with Crippen LogP contribution in [0.2, 0.25) is 0 Å². The smallest absolute Gasteiger partial charge is 0.364 e. The van der Waals surface area contributed by atoms with E-state index in [-0.39, 0.29) is 25.4 Å². The van der Waals surface area contributed by atoms with Gasteiger partial charge >= 0.3 is 5.97 Å². The molecule has 1 heterocycles. The quantitative estimate of drug-likeness (QED) is 0.175. The zero-order valence-corrected chi connectivity index (χ0v) is 20.4. The maximum absolute atomic E-state index is 11.7. The highest BCUT2D eigenvalue weighted by Crippen LogP contribution is 2.56. The summed E-state index contributed by atoms with van der Waals surface area (Å²) in [7, 11) is 1.57. The van der Waals surface area contributed by atoms with E-state index >= 15 is 0 Å². The van der Waals surface area contributed by atoms with Gasteiger partial charge in [-0.25, -0.2) is 4.79 Å². The monoisotopic (exact) mass is 503 g/mol. The molecule has 5 fully saturated rings. The second kappa shape index (κ2) is 11.2. The van der Waals surface area contributed by atoms with Gasteiger partial charge in [-0.05, 0) is 56.3 Å². The summed E-state index contributed by atoms with van der Waals surface area (Å²) in [4.78, 5) is 11.7. The Labute approximate surface area is 205 Å². The van der Waals surface area contributed by atoms with E-state index in [4.69, 9.17) is 18.9 Å². The van der Waals surface area contributed by atoms with Gasteiger partial charge in [0.25, 0.3) is 5.79 Å². The molecule has 4 aliphatic carbocycles. The summed E-state index contributed by atoms with van der Waals surface area (Å²) >= 11 is 0. The molecule has 1 aliphatic heterocycles. The van der Waals surface area contributed by atoms with Crippen molar-refractivity contribution in [3.8, 4) is 0 Å². The molecule has 0 amide bonds. The van der Waals surface area contributed by atoms with Crippen molar-refractivity contribution in [2.45, 2.75) is 86.7 Å². The summed E-state index contributed by atoms with van der Waals surface area (Å²) in [6.07, 6.45) is 0.335. The third kappa shape index (κ3) is 6.16. The molecule has 5 aliphatic rings. The lowest BCUT2D eigenvalue weighted by Gasteiger charge is -2.59. The van der Waals surface area contributed by atoms with E-state index < -0.39 is 48.6 Å². The van der Waals surface area contributed by atoms with Gasteiger partial charge in [0.2, 0.25) is 0 Å². The Bertz CT molecular complexity index is 687. The Morgan fingerprint density at radius 3 is 2.14 bits per heavy atom. The summed E-state index contributed by atoms with van der Waals surface area (Å²) < 4.78 is 21.1. The zero-order chi connectivity index (χ0) is 25.2. The van der Waals surface area contributed by atoms with Crippen LogP contribution in [-0.4, -0.2) is 113 Å². The van der Waals surface area contributed by atoms with Gasteiger partial charge in [-0.15, -0.1) is 0 Å². The minimum absolute atomic E-state index is 0.176. The first-order chi connectivity index (χ1) is 16.6. The van der Waals surface area contributed by atoms with Gasteiger partial charge in [-0.3, -0.25) is 0 Å². The summed E-state index contributed by atoms with van der Waals surface area (Å²) in [6, 6.07) is -0.854. The molecule has 0 radical (unpaired) electrons. The number of aliphatic hydroxyl groups excluding tert-OH is 3. The normalized spacial score (nSPS) is 42.2. The van der Waals surface area contributed by atoms with Gasteiger partial charge in [0.15, 0.2) is 0 Å². The first-order valence-corrected chi connectivity index (χ1v) is 12.7. The van der Waals surface area contributed by atoms with Crippen molar-refractivity contribution in [1.82, 2.24) is 5.32 Å². The van der Waals surface area contributed by atoms with E-state index in [1.54, 1.807) is 7.11 Å². The first kappa shape index (κ1) is 27.2. The molecule has 11 nitrogen and oxygen atoms in total. The number of hydrogen-bond donors (Lipinski definition) is 6. The average molecular weight is 504 g/mol. The number of carboxylic acids is 1. The summed E-state index contributed by atoms with van der Waals surface area (Å²) in [6.45, 7) is 1.06. The van der Waals surface area contributed by atoms with Crippen molar-refractivity contribution < 1.29 is 49.3 Å². The van der Waals surface area contributed by atoms with Crippen molar-refractivity contribution >= 4 is 5.97 Å². The highest BCUT2D eigenvalue weighted by Gasteiger charge is 2.57. The standard InChI is InChI=1S/C24H41NO10/c1-32-2-3-33-4-5-34-13-18(27)20(28)21-19(17(26)12-24(31,35-21)22(29)30)25-23-9-14-6-15(10-23)8-16(7-14)11-23/h14-21,25-28,31H,2-13H2,1H3,(H,29,30)/t14?,15?,16?,17-,18-,19-,20-,21?,23?,24+/m1/s1. The van der Waals surface area contributed by atoms with Crippen LogP contribution in [0.25, 0.3) is 0 Å². The van der Waals surface area contributed by atoms with Crippen LogP contribution in [0.1, 0.15) is 44.9 Å². The van der Waals surface area contributed by atoms with E-state index in [0.29, 0.717) is 31.0 Å². The van der Waals surface area contributed by atoms with Crippen molar-refractivity contribution in [3.05, 3.63) is 0 Å². The molecule has 1 saturated heterocycles. The van der Waals surface area contributed by atoms with Crippen LogP contribution in [0.5, 0.6) is 0 Å². The lowest BCUT2D eigenvalue weighted by atomic mass is 9.52. The molecule has 35 heavy (non-hydrogen) atoms. The Kier molecular flexibility index (Phi) is 8.72. The number of aliphatic carboxylic acids is 1. The molecule has 5 rings (SSSR count). The number of aliphatic hydroxyl groups is 4. The summed E-state index contributed by atoms with van der Waals surface area (Å²) in [5.74, 6) is -2.44. The predicted octanol–water partition coefficient (Wildman–Crippen LogP) is -0.762. The first-order valence-electron chi connectivity index (χ1n) is 12.7. The highest BCUT2D eigenvalue weighted by molar-refractivity contribution is 5.75. The fraction of sp³-hybridized carbons (Fsp3) is 0.958. The Hall–Kier alpha value is -0.890. The van der Waals surface area contributed by atoms with Crippen molar-refractivity contribution in [2.24, 2.45) is 17.8 Å². The topological polar surface area (TPSA) is 167 Å². The maximum atomic E-state index is 11.7. The van der Waals surface area contributed by atoms with Crippen LogP contribution in [0.15, 0.2) is 0 Å². The molecule has 11 heteroatoms. The lowest BCUT2D eigenvalue weighted by molar-refractivity contribution is -0.298. The van der Waals surface area contributed by atoms with Crippen LogP contribution in [0.3, 0.4) is 0 Å². The van der Waals surface area contributed by atoms with Crippen molar-refractivity contribution in [1.29, 1.82) is 0 Å². The molecule has 6 atom stereocenters. The van der Waals surface area contributed by atoms with E-state index in [1.165, 1.54) is 19.3 Å². The average Bonchev–Trinajstić information content (AvgIpc) is 2.78. The van der Waals surface area contributed by atoms with E-state index in [2.05, 4.69) is 5.32 Å². The maximum Gasteiger partial charge on any atom is 0.364 e. The summed E-state index contributed by atoms with van der Waals surface area (Å²) in [5, 5.41) is 56.1. The fourth-order valence-electron chi connectivity index (χ4n) is 7.10. The molecular formula is C24H41NO10. The Balaban J connectivity index is 1.41. The van der Waals surface area contributed by atoms with Crippen LogP contribution < -0.4 is 5.32 Å². The highest BCUT2D eigenvalue weighted by atomic mass is 16.7. The van der Waals surface area contributed by atoms with Crippen molar-refractivity contribution in [2.75, 3.05) is 40.1 Å². The van der Waals surface area contributed by atoms with Gasteiger partial charge in [0, 0.05) is 19.1 Å². The molecule has 0 aromatic heterocycles. The minimum atomic E-state index is -2.67. The third-order valence-electron chi connectivity index (χ3n) is 8.25. The van der Waals surface area contributed by atoms with E-state index in [0.717, 1.165) is 19.3 Å². The predicted molar refractivity (Wildman–Crippen MR) is 121 cm³/mol. The fourth-order valence-corrected chi connectivity index (χ4v) is 7.10. The van der Waals surface area contributed by atoms with Crippen LogP contribution in [0, 0.1) is 17.8 Å².